The quantitative estimate of drug-likeness (QED) is 0.00959. The van der Waals surface area contributed by atoms with Crippen LogP contribution in [-0.2, 0) is 33.6 Å². The predicted octanol–water partition coefficient (Wildman–Crippen LogP) is 13.0. The van der Waals surface area contributed by atoms with Crippen molar-refractivity contribution >= 4 is 101 Å². The van der Waals surface area contributed by atoms with Crippen LogP contribution in [0.3, 0.4) is 0 Å². The number of Topliss-reactive ketones (excluding diaryl/α,β-unsaturated/α-hetero) is 1. The van der Waals surface area contributed by atoms with E-state index in [0.29, 0.717) is 23.9 Å². The lowest BCUT2D eigenvalue weighted by atomic mass is 9.93. The molecule has 0 aliphatic heterocycles. The van der Waals surface area contributed by atoms with Gasteiger partial charge in [-0.15, -0.1) is 29.9 Å². The average molecular weight is 1840 g/mol. The van der Waals surface area contributed by atoms with Gasteiger partial charge in [0.2, 0.25) is 29.5 Å². The van der Waals surface area contributed by atoms with Crippen LogP contribution in [0.5, 0.6) is 0 Å². The molecule has 0 spiro atoms. The fourth-order valence-electron chi connectivity index (χ4n) is 11.9. The lowest BCUT2D eigenvalue weighted by Gasteiger charge is -2.23. The number of fused-ring (bicyclic) bond motifs is 1. The van der Waals surface area contributed by atoms with Gasteiger partial charge >= 0.3 is 5.97 Å². The molecule has 6 rings (SSSR count). The summed E-state index contributed by atoms with van der Waals surface area (Å²) in [6.45, 7) is 22.7. The van der Waals surface area contributed by atoms with Gasteiger partial charge in [0.05, 0.1) is 84.3 Å². The lowest BCUT2D eigenvalue weighted by Crippen LogP contribution is -2.43. The highest BCUT2D eigenvalue weighted by atomic mass is 35.5. The van der Waals surface area contributed by atoms with Crippen LogP contribution in [0, 0.1) is 28.8 Å². The molecule has 704 valence electrons. The third-order valence-electron chi connectivity index (χ3n) is 19.0. The van der Waals surface area contributed by atoms with Crippen molar-refractivity contribution in [2.45, 2.75) is 284 Å². The number of nitrogens with two attached hydrogens (primary N) is 2. The van der Waals surface area contributed by atoms with Gasteiger partial charge in [-0.2, -0.15) is 16.3 Å². The van der Waals surface area contributed by atoms with E-state index in [-0.39, 0.29) is 148 Å². The molecule has 0 aliphatic rings. The molecule has 17 atom stereocenters. The van der Waals surface area contributed by atoms with E-state index in [1.807, 2.05) is 204 Å². The second kappa shape index (κ2) is 75.1. The number of ketones is 1. The Bertz CT molecular complexity index is 3660. The van der Waals surface area contributed by atoms with Crippen LogP contribution in [-0.4, -0.2) is 175 Å². The molecule has 125 heavy (non-hydrogen) atoms. The van der Waals surface area contributed by atoms with Gasteiger partial charge in [0.25, 0.3) is 0 Å². The Morgan fingerprint density at radius 3 is 1.06 bits per heavy atom. The number of carboxylic acid groups (broad SMARTS) is 1. The van der Waals surface area contributed by atoms with Crippen molar-refractivity contribution < 1.29 is 89.8 Å². The number of aromatic nitrogens is 3. The van der Waals surface area contributed by atoms with Crippen molar-refractivity contribution in [2.24, 2.45) is 59.4 Å². The maximum atomic E-state index is 11.9. The molecule has 0 saturated carbocycles. The topological polar surface area (TPSA) is 596 Å². The average Bonchev–Trinajstić information content (AvgIpc) is 1.70. The molecule has 9 unspecified atom stereocenters. The van der Waals surface area contributed by atoms with Crippen molar-refractivity contribution in [1.82, 2.24) is 41.7 Å². The Morgan fingerprint density at radius 2 is 0.760 bits per heavy atom. The number of rotatable bonds is 45. The van der Waals surface area contributed by atoms with Gasteiger partial charge in [0.1, 0.15) is 29.8 Å². The molecule has 1 heterocycles. The van der Waals surface area contributed by atoms with Gasteiger partial charge in [-0.25, -0.2) is 4.99 Å². The molecule has 21 N–H and O–H groups in total. The third kappa shape index (κ3) is 56.6. The maximum absolute atomic E-state index is 11.9. The normalized spacial score (nSPS) is 14.6. The highest BCUT2D eigenvalue weighted by molar-refractivity contribution is 6.14. The molecular formula is C85H138Cl4N18O18. The molecule has 36 nitrogen and oxygen atoms in total. The minimum absolute atomic E-state index is 0. The number of nitrogens with zero attached hydrogens (tertiary/aromatic N) is 9. The summed E-state index contributed by atoms with van der Waals surface area (Å²) in [5, 5.41) is 127. The number of benzene rings is 5. The fourth-order valence-corrected chi connectivity index (χ4v) is 12.0. The van der Waals surface area contributed by atoms with Gasteiger partial charge in [0, 0.05) is 43.7 Å². The molecule has 5 aromatic carbocycles. The zero-order valence-electron chi connectivity index (χ0n) is 73.6. The summed E-state index contributed by atoms with van der Waals surface area (Å²) in [7, 11) is 0. The standard InChI is InChI=1S/C18H29NO3.C18H27NO3.2C17H28N2O3.C9H17NO4.C6H5N3O2.2ClHN4.2ClH/c2*1-4-8-13(2)18(22)16(20)11-12-17(21)19-14(3)15-9-6-5-7-10-15;2*1-3-7-14(18)17(22)15(20)10-11-16(21)19-12(2)13-8-5-4-6-9-13;1-3-4-6(2)8(13)9(14)10-5-7(11)12;10-11-9-6-4-2-1-3-5(6)7-8-9;2*1-3-5-4-2;;/h5-7,9-10,13-14,16,18,20,22H,4,8,11-12H2,1-3H3,(H,19,21);5-7,9-10,13-14,16,20H,4,8,11-12H2,1-3H3,(H,19,21);2*4-6,8-9,12,14-15,17,20,22H,3,7,10-11,18H2,1-2H3,(H,19,21);6,8,13H,3-5H2,1-2H3,(H,10,14)(H,11,12);1-4,10H;2*2H;2*1H/t13?,14-,16-,18?;13?,14-,16-;2*12-,14?,15-,17?;;;;;;/m1111....../s1. The first-order valence-corrected chi connectivity index (χ1v) is 42.0. The second-order valence-electron chi connectivity index (χ2n) is 29.3. The summed E-state index contributed by atoms with van der Waals surface area (Å²) in [5.74, 6) is -2.69. The number of carbonyl (C=O) groups excluding carboxylic acids is 6. The molecule has 6 aromatic rings. The second-order valence-corrected chi connectivity index (χ2v) is 29.6. The molecule has 5 amide bonds. The third-order valence-corrected chi connectivity index (χ3v) is 19.2. The summed E-state index contributed by atoms with van der Waals surface area (Å²) in [4.78, 5) is 85.7. The van der Waals surface area contributed by atoms with Gasteiger partial charge in [0.15, 0.2) is 5.78 Å². The van der Waals surface area contributed by atoms with Gasteiger partial charge in [-0.3, -0.25) is 33.6 Å². The minimum Gasteiger partial charge on any atom is -0.480 e. The number of nitrogens with one attached hydrogen (secondary N) is 7. The Morgan fingerprint density at radius 1 is 0.448 bits per heavy atom. The molecule has 0 saturated heterocycles. The van der Waals surface area contributed by atoms with Crippen LogP contribution in [0.1, 0.15) is 245 Å². The van der Waals surface area contributed by atoms with Crippen LogP contribution in [0.15, 0.2) is 176 Å². The first-order valence-electron chi connectivity index (χ1n) is 41.3. The molecule has 40 heteroatoms. The number of aliphatic hydroxyl groups excluding tert-OH is 8. The summed E-state index contributed by atoms with van der Waals surface area (Å²) in [6.07, 6.45) is 2.00. The highest BCUT2D eigenvalue weighted by Crippen LogP contribution is 2.21. The smallest absolute Gasteiger partial charge is 0.322 e. The number of aliphatic carboxylic acids is 1. The number of para-hydroxylation sites is 1. The van der Waals surface area contributed by atoms with Crippen molar-refractivity contribution in [3.8, 4) is 0 Å². The van der Waals surface area contributed by atoms with E-state index in [2.05, 4.69) is 95.6 Å². The Hall–Kier alpha value is -9.09. The zero-order valence-corrected chi connectivity index (χ0v) is 76.7. The maximum Gasteiger partial charge on any atom is 0.322 e. The Labute approximate surface area is 756 Å². The number of carboxylic acids is 1. The van der Waals surface area contributed by atoms with Crippen molar-refractivity contribution in [3.63, 3.8) is 0 Å². The Kier molecular flexibility index (Phi) is 73.4. The predicted molar refractivity (Wildman–Crippen MR) is 484 cm³/mol. The summed E-state index contributed by atoms with van der Waals surface area (Å²) >= 11 is 9.09. The fraction of sp³-hybridized carbons (Fsp3) is 0.565. The lowest BCUT2D eigenvalue weighted by molar-refractivity contribution is -0.250. The zero-order chi connectivity index (χ0) is 93.2. The monoisotopic (exact) mass is 1840 g/mol. The van der Waals surface area contributed by atoms with Gasteiger partial charge in [-0.05, 0) is 163 Å². The van der Waals surface area contributed by atoms with Crippen molar-refractivity contribution in [3.05, 3.63) is 168 Å². The number of halogens is 4. The van der Waals surface area contributed by atoms with E-state index >= 15 is 0 Å². The van der Waals surface area contributed by atoms with E-state index in [9.17, 15) is 74.4 Å². The summed E-state index contributed by atoms with van der Waals surface area (Å²) < 4.78 is 5.19. The van der Waals surface area contributed by atoms with Crippen molar-refractivity contribution in [1.29, 1.82) is 11.1 Å². The van der Waals surface area contributed by atoms with Crippen LogP contribution in [0.25, 0.3) is 11.0 Å². The van der Waals surface area contributed by atoms with E-state index in [0.717, 1.165) is 78.5 Å². The first kappa shape index (κ1) is 122. The summed E-state index contributed by atoms with van der Waals surface area (Å²) in [5.41, 5.74) is 28.8. The van der Waals surface area contributed by atoms with Crippen LogP contribution < -0.4 is 43.0 Å². The number of hydrogen-bond acceptors (Lipinski definition) is 25. The van der Waals surface area contributed by atoms with Gasteiger partial charge < -0.3 is 84.0 Å². The van der Waals surface area contributed by atoms with Crippen LogP contribution >= 0.6 is 48.4 Å². The molecular weight excluding hydrogens is 1700 g/mol. The molecule has 0 radical (unpaired) electrons. The SMILES string of the molecule is CCCC(C)C(=O)[C@H](O)CCC(=O)N[C@H](C)c1ccccc1.CCCC(C)C(O)C(=O)NCC(=O)O.CCCC(C)C(O)[C@H](O)CCC(=O)N[C@H](C)c1ccccc1.CCCC(N)C(O)[C@H](O)CCC(=O)N[C@H](C)c1ccccc1.CCCC(N)C(O)[C@H](O)CCC(=O)N[C@H](C)c1ccccc1.Cl.Cl.N=NN=NCl.N=NN=NCl.OOn1nnc2ccccc21. The molecule has 0 aliphatic carbocycles. The first-order chi connectivity index (χ1) is 58.5. The molecule has 0 bridgehead atoms. The number of hydrogen-bond donors (Lipinski definition) is 19. The van der Waals surface area contributed by atoms with Gasteiger partial charge in [-0.1, -0.05) is 230 Å². The number of amides is 5. The number of aliphatic hydroxyl groups is 8. The largest absolute Gasteiger partial charge is 0.480 e. The summed E-state index contributed by atoms with van der Waals surface area (Å²) in [6, 6.07) is 44.7. The van der Waals surface area contributed by atoms with E-state index in [4.69, 9.17) is 32.9 Å². The van der Waals surface area contributed by atoms with E-state index < -0.39 is 79.3 Å². The Balaban J connectivity index is -0.000000692. The minimum atomic E-state index is -1.12. The van der Waals surface area contributed by atoms with Crippen LogP contribution in [0.2, 0.25) is 0 Å². The van der Waals surface area contributed by atoms with E-state index in [1.54, 1.807) is 25.1 Å². The molecule has 0 fully saturated rings. The number of carbonyl (C=O) groups is 7. The van der Waals surface area contributed by atoms with Crippen molar-refractivity contribution in [2.75, 3.05) is 6.54 Å². The molecule has 1 aromatic heterocycles. The highest BCUT2D eigenvalue weighted by Gasteiger charge is 2.28. The van der Waals surface area contributed by atoms with E-state index in [1.165, 1.54) is 0 Å². The van der Waals surface area contributed by atoms with Crippen LogP contribution in [0.4, 0.5) is 0 Å².